The lowest BCUT2D eigenvalue weighted by Crippen LogP contribution is -2.49. The maximum absolute atomic E-state index is 13.0. The highest BCUT2D eigenvalue weighted by Gasteiger charge is 2.31. The van der Waals surface area contributed by atoms with Gasteiger partial charge >= 0.3 is 0 Å². The number of H-pyrrole nitrogens is 1. The number of para-hydroxylation sites is 1. The van der Waals surface area contributed by atoms with Crippen LogP contribution in [-0.2, 0) is 0 Å². The maximum Gasteiger partial charge on any atom is 0.254 e. The number of amides is 1. The third-order valence-electron chi connectivity index (χ3n) is 5.10. The molecule has 1 aromatic carbocycles. The van der Waals surface area contributed by atoms with Gasteiger partial charge in [0.2, 0.25) is 5.56 Å². The molecule has 1 atom stereocenters. The minimum Gasteiger partial charge on any atom is -0.337 e. The molecule has 0 saturated carbocycles. The van der Waals surface area contributed by atoms with Crippen LogP contribution in [0.15, 0.2) is 35.1 Å². The average molecular weight is 363 g/mol. The number of pyridine rings is 1. The van der Waals surface area contributed by atoms with E-state index in [-0.39, 0.29) is 23.9 Å². The van der Waals surface area contributed by atoms with Crippen LogP contribution < -0.4 is 10.9 Å². The predicted molar refractivity (Wildman–Crippen MR) is 101 cm³/mol. The number of nitrogens with one attached hydrogen (secondary N) is 2. The molecule has 134 valence electrons. The van der Waals surface area contributed by atoms with Gasteiger partial charge in [-0.1, -0.05) is 18.2 Å². The first-order valence-corrected chi connectivity index (χ1v) is 8.58. The Morgan fingerprint density at radius 2 is 1.88 bits per heavy atom. The second kappa shape index (κ2) is 7.56. The maximum atomic E-state index is 13.0. The van der Waals surface area contributed by atoms with Gasteiger partial charge in [-0.05, 0) is 12.5 Å². The van der Waals surface area contributed by atoms with Gasteiger partial charge in [0.05, 0.1) is 5.56 Å². The molecule has 2 N–H and O–H groups in total. The Hall–Kier alpha value is -1.89. The van der Waals surface area contributed by atoms with Gasteiger partial charge in [-0.25, -0.2) is 0 Å². The molecule has 0 bridgehead atoms. The number of benzene rings is 1. The zero-order valence-electron chi connectivity index (χ0n) is 14.0. The highest BCUT2D eigenvalue weighted by atomic mass is 35.5. The summed E-state index contributed by atoms with van der Waals surface area (Å²) in [6.45, 7) is 5.63. The lowest BCUT2D eigenvalue weighted by atomic mass is 10.1. The predicted octanol–water partition coefficient (Wildman–Crippen LogP) is 1.07. The number of halogens is 1. The van der Waals surface area contributed by atoms with Crippen molar-refractivity contribution in [3.05, 3.63) is 46.2 Å². The van der Waals surface area contributed by atoms with Gasteiger partial charge in [-0.2, -0.15) is 0 Å². The van der Waals surface area contributed by atoms with E-state index in [0.717, 1.165) is 51.1 Å². The highest BCUT2D eigenvalue weighted by molar-refractivity contribution is 6.06. The number of carbonyl (C=O) groups excluding carboxylic acids is 1. The van der Waals surface area contributed by atoms with Gasteiger partial charge in [0.25, 0.3) is 5.91 Å². The largest absolute Gasteiger partial charge is 0.337 e. The zero-order valence-corrected chi connectivity index (χ0v) is 14.8. The molecule has 25 heavy (non-hydrogen) atoms. The fourth-order valence-corrected chi connectivity index (χ4v) is 3.82. The second-order valence-electron chi connectivity index (χ2n) is 6.57. The fraction of sp³-hybridized carbons (Fsp3) is 0.444. The van der Waals surface area contributed by atoms with Crippen molar-refractivity contribution in [2.24, 2.45) is 0 Å². The van der Waals surface area contributed by atoms with Gasteiger partial charge in [-0.15, -0.1) is 12.4 Å². The number of fused-ring (bicyclic) bond motifs is 1. The molecule has 2 aliphatic heterocycles. The summed E-state index contributed by atoms with van der Waals surface area (Å²) in [7, 11) is 0. The minimum atomic E-state index is -0.227. The summed E-state index contributed by atoms with van der Waals surface area (Å²) >= 11 is 0. The van der Waals surface area contributed by atoms with Crippen molar-refractivity contribution < 1.29 is 4.79 Å². The van der Waals surface area contributed by atoms with Gasteiger partial charge < -0.3 is 15.2 Å². The summed E-state index contributed by atoms with van der Waals surface area (Å²) in [5.41, 5.74) is 0.997. The van der Waals surface area contributed by atoms with Crippen LogP contribution in [0.2, 0.25) is 0 Å². The Labute approximate surface area is 152 Å². The fourth-order valence-electron chi connectivity index (χ4n) is 3.82. The first-order chi connectivity index (χ1) is 11.7. The number of carbonyl (C=O) groups is 1. The molecule has 6 nitrogen and oxygen atoms in total. The van der Waals surface area contributed by atoms with E-state index in [1.54, 1.807) is 0 Å². The number of hydrogen-bond donors (Lipinski definition) is 2. The summed E-state index contributed by atoms with van der Waals surface area (Å²) in [4.78, 5) is 32.0. The molecule has 1 aromatic heterocycles. The molecule has 0 aliphatic carbocycles. The Bertz CT molecular complexity index is 816. The first kappa shape index (κ1) is 17.9. The number of hydrogen-bond acceptors (Lipinski definition) is 4. The number of piperazine rings is 1. The number of likely N-dealkylation sites (tertiary alicyclic amines) is 1. The van der Waals surface area contributed by atoms with Gasteiger partial charge in [-0.3, -0.25) is 14.5 Å². The van der Waals surface area contributed by atoms with Gasteiger partial charge in [0, 0.05) is 62.3 Å². The van der Waals surface area contributed by atoms with Crippen molar-refractivity contribution >= 4 is 29.2 Å². The Balaban J connectivity index is 0.00000182. The quantitative estimate of drug-likeness (QED) is 0.838. The van der Waals surface area contributed by atoms with Crippen LogP contribution in [0.4, 0.5) is 0 Å². The lowest BCUT2D eigenvalue weighted by Gasteiger charge is -2.32. The zero-order chi connectivity index (χ0) is 16.5. The van der Waals surface area contributed by atoms with Crippen molar-refractivity contribution in [1.29, 1.82) is 0 Å². The van der Waals surface area contributed by atoms with E-state index in [9.17, 15) is 9.59 Å². The van der Waals surface area contributed by atoms with Crippen molar-refractivity contribution in [3.63, 3.8) is 0 Å². The number of aromatic nitrogens is 1. The molecule has 2 aliphatic rings. The Morgan fingerprint density at radius 3 is 2.68 bits per heavy atom. The van der Waals surface area contributed by atoms with Crippen LogP contribution in [-0.4, -0.2) is 66.0 Å². The molecule has 0 spiro atoms. The summed E-state index contributed by atoms with van der Waals surface area (Å²) < 4.78 is 0. The van der Waals surface area contributed by atoms with Crippen LogP contribution in [0.3, 0.4) is 0 Å². The van der Waals surface area contributed by atoms with Crippen LogP contribution in [0.5, 0.6) is 0 Å². The van der Waals surface area contributed by atoms with Crippen molar-refractivity contribution in [2.45, 2.75) is 12.5 Å². The summed E-state index contributed by atoms with van der Waals surface area (Å²) in [5.74, 6) is -0.0325. The Morgan fingerprint density at radius 1 is 1.12 bits per heavy atom. The smallest absolute Gasteiger partial charge is 0.254 e. The Kier molecular flexibility index (Phi) is 5.42. The van der Waals surface area contributed by atoms with E-state index in [4.69, 9.17) is 0 Å². The van der Waals surface area contributed by atoms with Crippen molar-refractivity contribution in [3.8, 4) is 0 Å². The van der Waals surface area contributed by atoms with E-state index in [1.807, 2.05) is 29.2 Å². The standard InChI is InChI=1S/C18H22N4O2.ClH/c23-17-11-15(14-3-1-2-4-16(14)20-17)18(24)22-8-5-13(12-22)21-9-6-19-7-10-21;/h1-4,11,13,19H,5-10,12H2,(H,20,23);1H. The molecule has 0 radical (unpaired) electrons. The number of rotatable bonds is 2. The van der Waals surface area contributed by atoms with E-state index in [2.05, 4.69) is 15.2 Å². The molecule has 1 amide bonds. The van der Waals surface area contributed by atoms with E-state index >= 15 is 0 Å². The van der Waals surface area contributed by atoms with Gasteiger partial charge in [0.15, 0.2) is 0 Å². The average Bonchev–Trinajstić information content (AvgIpc) is 3.11. The summed E-state index contributed by atoms with van der Waals surface area (Å²) in [6.07, 6.45) is 1.01. The second-order valence-corrected chi connectivity index (χ2v) is 6.57. The number of aromatic amines is 1. The number of nitrogens with zero attached hydrogens (tertiary/aromatic N) is 2. The van der Waals surface area contributed by atoms with E-state index < -0.39 is 0 Å². The van der Waals surface area contributed by atoms with Crippen molar-refractivity contribution in [1.82, 2.24) is 20.1 Å². The van der Waals surface area contributed by atoms with Gasteiger partial charge in [0.1, 0.15) is 0 Å². The third kappa shape index (κ3) is 3.56. The highest BCUT2D eigenvalue weighted by Crippen LogP contribution is 2.21. The molecule has 2 fully saturated rings. The van der Waals surface area contributed by atoms with Crippen LogP contribution in [0, 0.1) is 0 Å². The van der Waals surface area contributed by atoms with Crippen LogP contribution in [0.1, 0.15) is 16.8 Å². The van der Waals surface area contributed by atoms with Crippen LogP contribution in [0.25, 0.3) is 10.9 Å². The monoisotopic (exact) mass is 362 g/mol. The molecule has 3 heterocycles. The summed E-state index contributed by atoms with van der Waals surface area (Å²) in [5, 5.41) is 4.18. The van der Waals surface area contributed by atoms with E-state index in [0.29, 0.717) is 17.1 Å². The summed E-state index contributed by atoms with van der Waals surface area (Å²) in [6, 6.07) is 9.35. The molecule has 2 saturated heterocycles. The molecule has 4 rings (SSSR count). The lowest BCUT2D eigenvalue weighted by molar-refractivity contribution is 0.0775. The molecule has 7 heteroatoms. The third-order valence-corrected chi connectivity index (χ3v) is 5.10. The van der Waals surface area contributed by atoms with E-state index in [1.165, 1.54) is 6.07 Å². The topological polar surface area (TPSA) is 68.4 Å². The first-order valence-electron chi connectivity index (χ1n) is 8.58. The van der Waals surface area contributed by atoms with Crippen molar-refractivity contribution in [2.75, 3.05) is 39.3 Å². The minimum absolute atomic E-state index is 0. The molecular formula is C18H23ClN4O2. The molecule has 1 unspecified atom stereocenters. The normalized spacial score (nSPS) is 21.3. The molecule has 2 aromatic rings. The van der Waals surface area contributed by atoms with Crippen LogP contribution >= 0.6 is 12.4 Å². The SMILES string of the molecule is Cl.O=C(c1cc(=O)[nH]c2ccccc12)N1CCC(N2CCNCC2)C1. The molecular weight excluding hydrogens is 340 g/mol.